The van der Waals surface area contributed by atoms with Crippen LogP contribution in [0.3, 0.4) is 0 Å². The van der Waals surface area contributed by atoms with E-state index in [4.69, 9.17) is 20.9 Å². The topological polar surface area (TPSA) is 68.5 Å². The van der Waals surface area contributed by atoms with Crippen LogP contribution in [0.4, 0.5) is 0 Å². The number of nitrogens with zero attached hydrogens (tertiary/aromatic N) is 3. The molecule has 0 atom stereocenters. The first-order valence-corrected chi connectivity index (χ1v) is 8.09. The normalized spacial score (nSPS) is 11.4. The molecule has 24 heavy (non-hydrogen) atoms. The van der Waals surface area contributed by atoms with Crippen molar-refractivity contribution in [2.24, 2.45) is 5.41 Å². The van der Waals surface area contributed by atoms with Crippen LogP contribution in [0, 0.1) is 5.41 Å². The van der Waals surface area contributed by atoms with Gasteiger partial charge in [-0.15, -0.1) is 0 Å². The molecule has 1 heterocycles. The van der Waals surface area contributed by atoms with E-state index >= 15 is 0 Å². The Hall–Kier alpha value is -2.08. The fourth-order valence-electron chi connectivity index (χ4n) is 2.09. The van der Waals surface area contributed by atoms with Crippen LogP contribution in [0.1, 0.15) is 32.5 Å². The number of likely N-dealkylation sites (N-methyl/N-ethyl adjacent to an activating group) is 1. The van der Waals surface area contributed by atoms with Crippen molar-refractivity contribution in [2.45, 2.75) is 33.8 Å². The van der Waals surface area contributed by atoms with E-state index in [0.717, 1.165) is 0 Å². The predicted octanol–water partition coefficient (Wildman–Crippen LogP) is 3.35. The molecule has 0 spiro atoms. The van der Waals surface area contributed by atoms with Gasteiger partial charge < -0.3 is 14.2 Å². The third-order valence-corrected chi connectivity index (χ3v) is 3.56. The van der Waals surface area contributed by atoms with Crippen LogP contribution in [0.5, 0.6) is 5.75 Å². The second kappa shape index (κ2) is 7.66. The van der Waals surface area contributed by atoms with Crippen molar-refractivity contribution in [2.75, 3.05) is 13.6 Å². The van der Waals surface area contributed by atoms with Gasteiger partial charge in [0.1, 0.15) is 5.75 Å². The van der Waals surface area contributed by atoms with Crippen LogP contribution in [-0.2, 0) is 17.8 Å². The lowest BCUT2D eigenvalue weighted by Gasteiger charge is -2.25. The third kappa shape index (κ3) is 5.23. The van der Waals surface area contributed by atoms with E-state index in [-0.39, 0.29) is 12.5 Å². The van der Waals surface area contributed by atoms with Crippen molar-refractivity contribution in [1.82, 2.24) is 15.0 Å². The van der Waals surface area contributed by atoms with Gasteiger partial charge in [-0.05, 0) is 18.2 Å². The number of ether oxygens (including phenoxy) is 1. The van der Waals surface area contributed by atoms with Gasteiger partial charge in [-0.2, -0.15) is 4.98 Å². The molecule has 1 aromatic carbocycles. The molecule has 6 nitrogen and oxygen atoms in total. The van der Waals surface area contributed by atoms with Gasteiger partial charge in [-0.25, -0.2) is 0 Å². The van der Waals surface area contributed by atoms with Gasteiger partial charge in [-0.3, -0.25) is 4.79 Å². The molecular formula is C17H22ClN3O3. The van der Waals surface area contributed by atoms with Crippen LogP contribution in [0.25, 0.3) is 0 Å². The van der Waals surface area contributed by atoms with Crippen molar-refractivity contribution in [3.63, 3.8) is 0 Å². The maximum absolute atomic E-state index is 12.1. The molecule has 130 valence electrons. The van der Waals surface area contributed by atoms with Gasteiger partial charge in [-0.1, -0.05) is 43.6 Å². The number of hydrogen-bond acceptors (Lipinski definition) is 5. The Morgan fingerprint density at radius 1 is 1.38 bits per heavy atom. The SMILES string of the molecule is CN(CCc1noc(COc2cccc(Cl)c2)n1)C(=O)C(C)(C)C. The number of amides is 1. The Kier molecular flexibility index (Phi) is 5.83. The summed E-state index contributed by atoms with van der Waals surface area (Å²) in [6.07, 6.45) is 0.527. The number of rotatable bonds is 6. The summed E-state index contributed by atoms with van der Waals surface area (Å²) in [5.41, 5.74) is -0.401. The molecular weight excluding hydrogens is 330 g/mol. The standard InChI is InChI=1S/C17H22ClN3O3/c1-17(2,3)16(22)21(4)9-8-14-19-15(24-20-14)11-23-13-7-5-6-12(18)10-13/h5-7,10H,8-9,11H2,1-4H3. The molecule has 1 aromatic heterocycles. The van der Waals surface area contributed by atoms with E-state index in [1.165, 1.54) is 0 Å². The molecule has 0 aliphatic carbocycles. The van der Waals surface area contributed by atoms with E-state index < -0.39 is 5.41 Å². The zero-order chi connectivity index (χ0) is 17.7. The molecule has 0 aliphatic rings. The number of benzene rings is 1. The average molecular weight is 352 g/mol. The summed E-state index contributed by atoms with van der Waals surface area (Å²) in [5.74, 6) is 1.65. The molecule has 1 amide bonds. The summed E-state index contributed by atoms with van der Waals surface area (Å²) >= 11 is 5.90. The summed E-state index contributed by atoms with van der Waals surface area (Å²) in [5, 5.41) is 4.51. The average Bonchev–Trinajstić information content (AvgIpc) is 2.97. The molecule has 2 aromatic rings. The Labute approximate surface area is 146 Å². The minimum absolute atomic E-state index is 0.0792. The zero-order valence-electron chi connectivity index (χ0n) is 14.4. The van der Waals surface area contributed by atoms with Crippen LogP contribution < -0.4 is 4.74 Å². The second-order valence-corrected chi connectivity index (χ2v) is 7.01. The first-order chi connectivity index (χ1) is 11.3. The lowest BCUT2D eigenvalue weighted by Crippen LogP contribution is -2.37. The minimum Gasteiger partial charge on any atom is -0.484 e. The number of carbonyl (C=O) groups excluding carboxylic acids is 1. The van der Waals surface area contributed by atoms with E-state index in [9.17, 15) is 4.79 Å². The number of carbonyl (C=O) groups is 1. The van der Waals surface area contributed by atoms with Crippen molar-refractivity contribution < 1.29 is 14.1 Å². The van der Waals surface area contributed by atoms with Gasteiger partial charge in [0.25, 0.3) is 5.89 Å². The van der Waals surface area contributed by atoms with Crippen molar-refractivity contribution in [3.05, 3.63) is 41.0 Å². The zero-order valence-corrected chi connectivity index (χ0v) is 15.1. The highest BCUT2D eigenvalue weighted by Gasteiger charge is 2.24. The fourth-order valence-corrected chi connectivity index (χ4v) is 2.27. The smallest absolute Gasteiger partial charge is 0.264 e. The molecule has 0 radical (unpaired) electrons. The van der Waals surface area contributed by atoms with E-state index in [2.05, 4.69) is 10.1 Å². The van der Waals surface area contributed by atoms with Crippen LogP contribution in [0.2, 0.25) is 5.02 Å². The highest BCUT2D eigenvalue weighted by Crippen LogP contribution is 2.18. The fraction of sp³-hybridized carbons (Fsp3) is 0.471. The summed E-state index contributed by atoms with van der Waals surface area (Å²) in [4.78, 5) is 18.1. The lowest BCUT2D eigenvalue weighted by atomic mass is 9.95. The Morgan fingerprint density at radius 2 is 2.12 bits per heavy atom. The Morgan fingerprint density at radius 3 is 2.79 bits per heavy atom. The van der Waals surface area contributed by atoms with E-state index in [1.807, 2.05) is 20.8 Å². The highest BCUT2D eigenvalue weighted by atomic mass is 35.5. The van der Waals surface area contributed by atoms with Crippen LogP contribution in [0.15, 0.2) is 28.8 Å². The van der Waals surface area contributed by atoms with Crippen molar-refractivity contribution in [3.8, 4) is 5.75 Å². The number of hydrogen-bond donors (Lipinski definition) is 0. The van der Waals surface area contributed by atoms with Gasteiger partial charge >= 0.3 is 0 Å². The molecule has 7 heteroatoms. The van der Waals surface area contributed by atoms with Gasteiger partial charge in [0, 0.05) is 30.5 Å². The third-order valence-electron chi connectivity index (χ3n) is 3.33. The monoisotopic (exact) mass is 351 g/mol. The quantitative estimate of drug-likeness (QED) is 0.798. The maximum Gasteiger partial charge on any atom is 0.264 e. The first-order valence-electron chi connectivity index (χ1n) is 7.71. The first kappa shape index (κ1) is 18.3. The summed E-state index contributed by atoms with van der Waals surface area (Å²) in [6.45, 7) is 6.39. The summed E-state index contributed by atoms with van der Waals surface area (Å²) in [7, 11) is 1.77. The maximum atomic E-state index is 12.1. The van der Waals surface area contributed by atoms with E-state index in [0.29, 0.717) is 35.5 Å². The van der Waals surface area contributed by atoms with Gasteiger partial charge in [0.2, 0.25) is 5.91 Å². The van der Waals surface area contributed by atoms with Crippen molar-refractivity contribution in [1.29, 1.82) is 0 Å². The largest absolute Gasteiger partial charge is 0.484 e. The van der Waals surface area contributed by atoms with Gasteiger partial charge in [0.15, 0.2) is 12.4 Å². The molecule has 0 saturated heterocycles. The molecule has 0 bridgehead atoms. The van der Waals surface area contributed by atoms with Gasteiger partial charge in [0.05, 0.1) is 0 Å². The Balaban J connectivity index is 1.84. The summed E-state index contributed by atoms with van der Waals surface area (Å²) < 4.78 is 10.7. The predicted molar refractivity (Wildman–Crippen MR) is 90.9 cm³/mol. The molecule has 2 rings (SSSR count). The molecule has 0 N–H and O–H groups in total. The highest BCUT2D eigenvalue weighted by molar-refractivity contribution is 6.30. The minimum atomic E-state index is -0.401. The van der Waals surface area contributed by atoms with Crippen LogP contribution in [-0.4, -0.2) is 34.5 Å². The Bertz CT molecular complexity index is 694. The van der Waals surface area contributed by atoms with E-state index in [1.54, 1.807) is 36.2 Å². The molecule has 0 fully saturated rings. The summed E-state index contributed by atoms with van der Waals surface area (Å²) in [6, 6.07) is 7.09. The van der Waals surface area contributed by atoms with Crippen molar-refractivity contribution >= 4 is 17.5 Å². The van der Waals surface area contributed by atoms with Crippen LogP contribution >= 0.6 is 11.6 Å². The second-order valence-electron chi connectivity index (χ2n) is 6.58. The molecule has 0 saturated carbocycles. The molecule has 0 unspecified atom stereocenters. The lowest BCUT2D eigenvalue weighted by molar-refractivity contribution is -0.138. The number of halogens is 1. The number of aromatic nitrogens is 2. The molecule has 0 aliphatic heterocycles.